The van der Waals surface area contributed by atoms with Crippen LogP contribution in [0.2, 0.25) is 0 Å². The molecule has 0 aromatic heterocycles. The minimum absolute atomic E-state index is 0.155. The van der Waals surface area contributed by atoms with Crippen LogP contribution in [-0.4, -0.2) is 41.8 Å². The zero-order valence-electron chi connectivity index (χ0n) is 10.8. The molecule has 0 amide bonds. The molecule has 0 spiro atoms. The second kappa shape index (κ2) is 5.68. The zero-order chi connectivity index (χ0) is 14.8. The molecular formula is C10H18F3N2O3S+. The number of rotatable bonds is 6. The summed E-state index contributed by atoms with van der Waals surface area (Å²) in [4.78, 5) is 0.225. The molecule has 0 aromatic rings. The largest absolute Gasteiger partial charge is 0.443 e. The van der Waals surface area contributed by atoms with Gasteiger partial charge in [-0.1, -0.05) is 23.7 Å². The van der Waals surface area contributed by atoms with Crippen LogP contribution in [0.25, 0.3) is 0 Å². The molecule has 0 saturated heterocycles. The van der Waals surface area contributed by atoms with Crippen LogP contribution < -0.4 is 0 Å². The fourth-order valence-electron chi connectivity index (χ4n) is 2.07. The van der Waals surface area contributed by atoms with Gasteiger partial charge in [-0.25, -0.2) is 4.55 Å². The number of unbranched alkanes of at least 4 members (excludes halogenated alkanes) is 3. The van der Waals surface area contributed by atoms with Gasteiger partial charge in [0.15, 0.2) is 0 Å². The first kappa shape index (κ1) is 16.3. The smallest absolute Gasteiger partial charge is 0.265 e. The van der Waals surface area contributed by atoms with E-state index in [-0.39, 0.29) is 11.3 Å². The van der Waals surface area contributed by atoms with Crippen molar-refractivity contribution in [2.75, 3.05) is 13.6 Å². The van der Waals surface area contributed by atoms with Crippen LogP contribution >= 0.6 is 0 Å². The number of hydrogen-bond acceptors (Lipinski definition) is 3. The van der Waals surface area contributed by atoms with E-state index in [1.165, 1.54) is 0 Å². The summed E-state index contributed by atoms with van der Waals surface area (Å²) in [5, 5.41) is 0. The lowest BCUT2D eigenvalue weighted by Crippen LogP contribution is -2.56. The molecule has 1 rings (SSSR count). The molecule has 5 nitrogen and oxygen atoms in total. The summed E-state index contributed by atoms with van der Waals surface area (Å²) in [5.74, 6) is -3.42. The summed E-state index contributed by atoms with van der Waals surface area (Å²) in [6.07, 6.45) is -0.236. The minimum Gasteiger partial charge on any atom is -0.265 e. The Labute approximate surface area is 110 Å². The van der Waals surface area contributed by atoms with E-state index >= 15 is 0 Å². The number of alkyl halides is 1. The summed E-state index contributed by atoms with van der Waals surface area (Å²) >= 11 is 0. The van der Waals surface area contributed by atoms with E-state index in [9.17, 15) is 21.6 Å². The van der Waals surface area contributed by atoms with Gasteiger partial charge in [0.2, 0.25) is 0 Å². The van der Waals surface area contributed by atoms with E-state index in [1.54, 1.807) is 0 Å². The van der Waals surface area contributed by atoms with Gasteiger partial charge in [-0.3, -0.25) is 4.90 Å². The predicted octanol–water partition coefficient (Wildman–Crippen LogP) is 2.45. The Hall–Kier alpha value is -0.800. The second-order valence-electron chi connectivity index (χ2n) is 4.53. The lowest BCUT2D eigenvalue weighted by molar-refractivity contribution is -0.831. The Morgan fingerprint density at radius 3 is 2.26 bits per heavy atom. The second-order valence-corrected chi connectivity index (χ2v) is 6.08. The normalized spacial score (nSPS) is 28.3. The van der Waals surface area contributed by atoms with E-state index in [1.807, 2.05) is 6.92 Å². The van der Waals surface area contributed by atoms with Gasteiger partial charge >= 0.3 is 22.7 Å². The fourth-order valence-corrected chi connectivity index (χ4v) is 3.07. The Morgan fingerprint density at radius 2 is 1.89 bits per heavy atom. The summed E-state index contributed by atoms with van der Waals surface area (Å²) in [6, 6.07) is 0. The van der Waals surface area contributed by atoms with Crippen LogP contribution in [0, 0.1) is 0 Å². The molecule has 112 valence electrons. The molecule has 9 heteroatoms. The highest BCUT2D eigenvalue weighted by Gasteiger charge is 2.62. The van der Waals surface area contributed by atoms with Crippen molar-refractivity contribution in [2.45, 2.75) is 39.0 Å². The lowest BCUT2D eigenvalue weighted by atomic mass is 10.2. The van der Waals surface area contributed by atoms with Crippen molar-refractivity contribution in [2.24, 2.45) is 0 Å². The molecule has 0 radical (unpaired) electrons. The maximum Gasteiger partial charge on any atom is 0.443 e. The van der Waals surface area contributed by atoms with Gasteiger partial charge in [-0.2, -0.15) is 8.78 Å². The van der Waals surface area contributed by atoms with Crippen LogP contribution in [0.15, 0.2) is 11.9 Å². The third kappa shape index (κ3) is 2.59. The first-order valence-electron chi connectivity index (χ1n) is 5.98. The fraction of sp³-hybridized carbons (Fsp3) is 0.800. The van der Waals surface area contributed by atoms with Crippen LogP contribution in [0.1, 0.15) is 32.6 Å². The monoisotopic (exact) mass is 303 g/mol. The summed E-state index contributed by atoms with van der Waals surface area (Å²) < 4.78 is 70.9. The molecule has 1 aliphatic rings. The number of halogens is 3. The maximum atomic E-state index is 14.0. The topological polar surface area (TPSA) is 57.6 Å². The first-order chi connectivity index (χ1) is 8.70. The van der Waals surface area contributed by atoms with Crippen molar-refractivity contribution in [3.05, 3.63) is 11.9 Å². The van der Waals surface area contributed by atoms with Crippen LogP contribution in [0.3, 0.4) is 0 Å². The molecule has 1 heterocycles. The number of quaternary nitrogens is 1. The molecular weight excluding hydrogens is 285 g/mol. The molecule has 0 aliphatic carbocycles. The standard InChI is InChI=1S/C10H17F3N2O3S/c1-3-4-5-6-7-15(19(16,17)18)9(12)8(11)14(2)10(15)13/h10H,3-7H2,1-2H3/p+1. The van der Waals surface area contributed by atoms with Gasteiger partial charge in [-0.15, -0.1) is 12.8 Å². The number of nitrogens with zero attached hydrogens (tertiary/aromatic N) is 2. The van der Waals surface area contributed by atoms with Crippen LogP contribution in [0.4, 0.5) is 13.2 Å². The molecule has 2 unspecified atom stereocenters. The predicted molar refractivity (Wildman–Crippen MR) is 62.7 cm³/mol. The SMILES string of the molecule is CCCCCC[N+]1(S(=O)(=O)O)C(F)=C(F)N(C)C1F. The third-order valence-corrected chi connectivity index (χ3v) is 4.57. The molecule has 2 atom stereocenters. The molecule has 0 aromatic carbocycles. The molecule has 0 bridgehead atoms. The maximum absolute atomic E-state index is 14.0. The van der Waals surface area contributed by atoms with Crippen molar-refractivity contribution in [1.82, 2.24) is 4.90 Å². The average Bonchev–Trinajstić information content (AvgIpc) is 2.49. The number of hydrogen-bond donors (Lipinski definition) is 1. The van der Waals surface area contributed by atoms with E-state index in [2.05, 4.69) is 0 Å². The van der Waals surface area contributed by atoms with E-state index in [4.69, 9.17) is 4.55 Å². The zero-order valence-corrected chi connectivity index (χ0v) is 11.6. The summed E-state index contributed by atoms with van der Waals surface area (Å²) in [5.41, 5.74) is 0. The van der Waals surface area contributed by atoms with Gasteiger partial charge in [0, 0.05) is 7.05 Å². The highest BCUT2D eigenvalue weighted by atomic mass is 32.2. The lowest BCUT2D eigenvalue weighted by Gasteiger charge is -2.30. The van der Waals surface area contributed by atoms with E-state index in [0.29, 0.717) is 6.42 Å². The molecule has 19 heavy (non-hydrogen) atoms. The first-order valence-corrected chi connectivity index (χ1v) is 7.38. The van der Waals surface area contributed by atoms with E-state index < -0.39 is 39.1 Å². The summed E-state index contributed by atoms with van der Waals surface area (Å²) in [7, 11) is -4.28. The van der Waals surface area contributed by atoms with Crippen LogP contribution in [-0.2, 0) is 10.3 Å². The molecule has 1 N–H and O–H groups in total. The van der Waals surface area contributed by atoms with Gasteiger partial charge in [0.1, 0.15) is 6.54 Å². The van der Waals surface area contributed by atoms with Crippen molar-refractivity contribution in [1.29, 1.82) is 0 Å². The van der Waals surface area contributed by atoms with Gasteiger partial charge in [0.25, 0.3) is 5.95 Å². The Kier molecular flexibility index (Phi) is 4.86. The quantitative estimate of drug-likeness (QED) is 0.354. The van der Waals surface area contributed by atoms with E-state index in [0.717, 1.165) is 19.9 Å². The Balaban J connectivity index is 3.09. The Morgan fingerprint density at radius 1 is 1.32 bits per heavy atom. The summed E-state index contributed by atoms with van der Waals surface area (Å²) in [6.45, 7) is 1.36. The highest BCUT2D eigenvalue weighted by molar-refractivity contribution is 7.80. The van der Waals surface area contributed by atoms with Crippen molar-refractivity contribution in [3.8, 4) is 0 Å². The molecule has 0 fully saturated rings. The van der Waals surface area contributed by atoms with Crippen LogP contribution in [0.5, 0.6) is 0 Å². The van der Waals surface area contributed by atoms with Gasteiger partial charge < -0.3 is 0 Å². The average molecular weight is 303 g/mol. The van der Waals surface area contributed by atoms with Gasteiger partial charge in [0.05, 0.1) is 0 Å². The molecule has 0 saturated carbocycles. The van der Waals surface area contributed by atoms with Crippen molar-refractivity contribution >= 4 is 10.3 Å². The molecule has 1 aliphatic heterocycles. The van der Waals surface area contributed by atoms with Gasteiger partial charge in [-0.05, 0) is 12.8 Å². The Bertz CT molecular complexity index is 469. The van der Waals surface area contributed by atoms with Crippen molar-refractivity contribution < 1.29 is 30.0 Å². The highest BCUT2D eigenvalue weighted by Crippen LogP contribution is 2.41. The van der Waals surface area contributed by atoms with Crippen molar-refractivity contribution in [3.63, 3.8) is 0 Å². The third-order valence-electron chi connectivity index (χ3n) is 3.23. The minimum atomic E-state index is -5.17.